The van der Waals surface area contributed by atoms with Crippen molar-refractivity contribution in [3.05, 3.63) is 59.8 Å². The molecular formula is C14H15N3O5S. The molecule has 0 unspecified atom stereocenters. The molecule has 2 aromatic rings. The molecule has 0 saturated heterocycles. The summed E-state index contributed by atoms with van der Waals surface area (Å²) in [6.07, 6.45) is 0. The largest absolute Gasteiger partial charge is 0.392 e. The second-order valence-electron chi connectivity index (χ2n) is 5.04. The summed E-state index contributed by atoms with van der Waals surface area (Å²) in [6.45, 7) is 1.29. The average molecular weight is 337 g/mol. The highest BCUT2D eigenvalue weighted by Gasteiger charge is 2.32. The Hall–Kier alpha value is -2.52. The fourth-order valence-corrected chi connectivity index (χ4v) is 3.09. The van der Waals surface area contributed by atoms with Crippen molar-refractivity contribution in [1.82, 2.24) is 0 Å². The molecule has 2 rings (SSSR count). The zero-order chi connectivity index (χ0) is 17.1. The van der Waals surface area contributed by atoms with E-state index < -0.39 is 16.5 Å². The molecule has 0 atom stereocenters. The summed E-state index contributed by atoms with van der Waals surface area (Å²) in [5.74, 6) is 0. The van der Waals surface area contributed by atoms with E-state index in [1.54, 1.807) is 7.05 Å². The van der Waals surface area contributed by atoms with Crippen LogP contribution in [-0.2, 0) is 13.2 Å². The van der Waals surface area contributed by atoms with E-state index in [-0.39, 0.29) is 28.2 Å². The summed E-state index contributed by atoms with van der Waals surface area (Å²) >= 11 is 1.48. The lowest BCUT2D eigenvalue weighted by Gasteiger charge is -2.20. The van der Waals surface area contributed by atoms with E-state index in [0.29, 0.717) is 6.54 Å². The maximum Gasteiger partial charge on any atom is 0.302 e. The third-order valence-electron chi connectivity index (χ3n) is 3.55. The van der Waals surface area contributed by atoms with Crippen LogP contribution in [0.2, 0.25) is 0 Å². The van der Waals surface area contributed by atoms with Gasteiger partial charge in [-0.05, 0) is 34.9 Å². The number of benzene rings is 1. The predicted octanol–water partition coefficient (Wildman–Crippen LogP) is 3.00. The molecule has 0 amide bonds. The molecular weight excluding hydrogens is 322 g/mol. The number of aliphatic hydroxyl groups is 1. The third-order valence-corrected chi connectivity index (χ3v) is 4.28. The fraction of sp³-hybridized carbons (Fsp3) is 0.286. The minimum absolute atomic E-state index is 0.0547. The quantitative estimate of drug-likeness (QED) is 0.641. The molecule has 9 heteroatoms. The summed E-state index contributed by atoms with van der Waals surface area (Å²) in [6, 6.07) is 3.05. The van der Waals surface area contributed by atoms with Crippen LogP contribution < -0.4 is 4.90 Å². The standard InChI is InChI=1S/C14H15N3O5S/c1-9-11(7-18)5-12(16(19)20)14(13(9)17(21)22)15(2)6-10-3-4-23-8-10/h3-5,8,18H,6-7H2,1-2H3. The van der Waals surface area contributed by atoms with Crippen LogP contribution in [0.25, 0.3) is 0 Å². The molecule has 1 aromatic carbocycles. The number of rotatable bonds is 6. The lowest BCUT2D eigenvalue weighted by Crippen LogP contribution is -2.20. The van der Waals surface area contributed by atoms with E-state index in [4.69, 9.17) is 0 Å². The molecule has 0 aliphatic carbocycles. The van der Waals surface area contributed by atoms with Crippen LogP contribution in [0.1, 0.15) is 16.7 Å². The van der Waals surface area contributed by atoms with Gasteiger partial charge in [-0.2, -0.15) is 11.3 Å². The Labute approximate surface area is 135 Å². The zero-order valence-electron chi connectivity index (χ0n) is 12.6. The van der Waals surface area contributed by atoms with E-state index in [1.807, 2.05) is 16.8 Å². The summed E-state index contributed by atoms with van der Waals surface area (Å²) < 4.78 is 0. The van der Waals surface area contributed by atoms with Gasteiger partial charge in [-0.3, -0.25) is 20.2 Å². The van der Waals surface area contributed by atoms with Crippen LogP contribution in [0.3, 0.4) is 0 Å². The highest BCUT2D eigenvalue weighted by atomic mass is 32.1. The number of hydrogen-bond donors (Lipinski definition) is 1. The average Bonchev–Trinajstić information content (AvgIpc) is 2.98. The number of hydrogen-bond acceptors (Lipinski definition) is 7. The maximum atomic E-state index is 11.5. The molecule has 1 aromatic heterocycles. The Morgan fingerprint density at radius 2 is 2.00 bits per heavy atom. The molecule has 0 saturated carbocycles. The molecule has 0 radical (unpaired) electrons. The first-order chi connectivity index (χ1) is 10.9. The third kappa shape index (κ3) is 3.30. The number of nitro benzene ring substituents is 2. The van der Waals surface area contributed by atoms with Gasteiger partial charge in [0.1, 0.15) is 0 Å². The molecule has 0 aliphatic heterocycles. The van der Waals surface area contributed by atoms with E-state index in [9.17, 15) is 25.3 Å². The van der Waals surface area contributed by atoms with Crippen LogP contribution in [-0.4, -0.2) is 22.0 Å². The number of anilines is 1. The Morgan fingerprint density at radius 1 is 1.30 bits per heavy atom. The van der Waals surface area contributed by atoms with Gasteiger partial charge in [0.25, 0.3) is 5.69 Å². The van der Waals surface area contributed by atoms with Crippen molar-refractivity contribution in [3.8, 4) is 0 Å². The number of nitrogens with zero attached hydrogens (tertiary/aromatic N) is 3. The van der Waals surface area contributed by atoms with Crippen molar-refractivity contribution < 1.29 is 15.0 Å². The summed E-state index contributed by atoms with van der Waals surface area (Å²) in [5, 5.41) is 35.9. The first-order valence-corrected chi connectivity index (χ1v) is 7.59. The van der Waals surface area contributed by atoms with Crippen molar-refractivity contribution in [2.24, 2.45) is 0 Å². The van der Waals surface area contributed by atoms with E-state index in [1.165, 1.54) is 29.2 Å². The molecule has 1 N–H and O–H groups in total. The first kappa shape index (κ1) is 16.8. The van der Waals surface area contributed by atoms with E-state index in [0.717, 1.165) is 5.56 Å². The highest BCUT2D eigenvalue weighted by Crippen LogP contribution is 2.41. The number of aliphatic hydroxyl groups excluding tert-OH is 1. The van der Waals surface area contributed by atoms with Crippen LogP contribution in [0.4, 0.5) is 17.1 Å². The molecule has 0 spiro atoms. The summed E-state index contributed by atoms with van der Waals surface area (Å²) in [7, 11) is 1.57. The van der Waals surface area contributed by atoms with Gasteiger partial charge in [0.15, 0.2) is 5.69 Å². The van der Waals surface area contributed by atoms with Crippen molar-refractivity contribution >= 4 is 28.4 Å². The Bertz CT molecular complexity index is 745. The van der Waals surface area contributed by atoms with Gasteiger partial charge in [-0.15, -0.1) is 0 Å². The van der Waals surface area contributed by atoms with Gasteiger partial charge in [-0.25, -0.2) is 0 Å². The Morgan fingerprint density at radius 3 is 2.48 bits per heavy atom. The van der Waals surface area contributed by atoms with Gasteiger partial charge in [0.2, 0.25) is 0 Å². The van der Waals surface area contributed by atoms with Gasteiger partial charge < -0.3 is 10.0 Å². The van der Waals surface area contributed by atoms with Gasteiger partial charge in [0.05, 0.1) is 16.5 Å². The van der Waals surface area contributed by atoms with Crippen molar-refractivity contribution in [1.29, 1.82) is 0 Å². The van der Waals surface area contributed by atoms with Gasteiger partial charge in [0, 0.05) is 25.2 Å². The fourth-order valence-electron chi connectivity index (χ4n) is 2.43. The molecule has 0 bridgehead atoms. The van der Waals surface area contributed by atoms with E-state index in [2.05, 4.69) is 0 Å². The zero-order valence-corrected chi connectivity index (χ0v) is 13.4. The summed E-state index contributed by atoms with van der Waals surface area (Å²) in [5.41, 5.74) is 0.530. The lowest BCUT2D eigenvalue weighted by molar-refractivity contribution is -0.393. The minimum atomic E-state index is -0.662. The Balaban J connectivity index is 2.65. The molecule has 23 heavy (non-hydrogen) atoms. The molecule has 122 valence electrons. The maximum absolute atomic E-state index is 11.5. The van der Waals surface area contributed by atoms with Crippen LogP contribution in [0.5, 0.6) is 0 Å². The second-order valence-corrected chi connectivity index (χ2v) is 5.82. The van der Waals surface area contributed by atoms with Gasteiger partial charge in [-0.1, -0.05) is 0 Å². The molecule has 8 nitrogen and oxygen atoms in total. The molecule has 0 fully saturated rings. The van der Waals surface area contributed by atoms with Crippen molar-refractivity contribution in [2.45, 2.75) is 20.1 Å². The van der Waals surface area contributed by atoms with Crippen molar-refractivity contribution in [3.63, 3.8) is 0 Å². The van der Waals surface area contributed by atoms with E-state index >= 15 is 0 Å². The second kappa shape index (κ2) is 6.71. The van der Waals surface area contributed by atoms with Gasteiger partial charge >= 0.3 is 5.69 Å². The number of thiophene rings is 1. The lowest BCUT2D eigenvalue weighted by atomic mass is 10.0. The number of nitro groups is 2. The van der Waals surface area contributed by atoms with Crippen LogP contribution >= 0.6 is 11.3 Å². The topological polar surface area (TPSA) is 110 Å². The van der Waals surface area contributed by atoms with Crippen LogP contribution in [0.15, 0.2) is 22.9 Å². The minimum Gasteiger partial charge on any atom is -0.392 e. The highest BCUT2D eigenvalue weighted by molar-refractivity contribution is 7.07. The normalized spacial score (nSPS) is 10.6. The predicted molar refractivity (Wildman–Crippen MR) is 86.8 cm³/mol. The SMILES string of the molecule is Cc1c(CO)cc([N+](=O)[O-])c(N(C)Cc2ccsc2)c1[N+](=O)[O-]. The monoisotopic (exact) mass is 337 g/mol. The first-order valence-electron chi connectivity index (χ1n) is 6.65. The molecule has 1 heterocycles. The van der Waals surface area contributed by atoms with Crippen molar-refractivity contribution in [2.75, 3.05) is 11.9 Å². The summed E-state index contributed by atoms with van der Waals surface area (Å²) in [4.78, 5) is 23.0. The van der Waals surface area contributed by atoms with Crippen LogP contribution in [0, 0.1) is 27.2 Å². The smallest absolute Gasteiger partial charge is 0.302 e. The Kier molecular flexibility index (Phi) is 4.92. The molecule has 0 aliphatic rings.